The molecular formula is C22H18N2O7. The van der Waals surface area contributed by atoms with Crippen molar-refractivity contribution in [2.75, 3.05) is 19.1 Å². The lowest BCUT2D eigenvalue weighted by molar-refractivity contribution is -0.384. The van der Waals surface area contributed by atoms with Crippen molar-refractivity contribution in [2.45, 2.75) is 0 Å². The summed E-state index contributed by atoms with van der Waals surface area (Å²) in [5, 5.41) is 10.7. The number of ether oxygens (including phenoxy) is 3. The molecule has 0 saturated carbocycles. The van der Waals surface area contributed by atoms with Crippen LogP contribution in [0.2, 0.25) is 0 Å². The third-order valence-electron chi connectivity index (χ3n) is 4.29. The average molecular weight is 422 g/mol. The molecule has 0 saturated heterocycles. The minimum absolute atomic E-state index is 0.00314. The second-order valence-corrected chi connectivity index (χ2v) is 6.16. The number of methoxy groups -OCH3 is 2. The summed E-state index contributed by atoms with van der Waals surface area (Å²) in [6.07, 6.45) is 6.37. The van der Waals surface area contributed by atoms with Crippen LogP contribution in [0.4, 0.5) is 11.4 Å². The third-order valence-corrected chi connectivity index (χ3v) is 4.29. The SMILES string of the molecule is COC(=O)C1=C(C(=O)OC)N(c2ccc(Oc3ccc([N+](=O)[O-])cc3)cc2)C=CC=C1. The Morgan fingerprint density at radius 2 is 1.45 bits per heavy atom. The molecule has 2 aromatic carbocycles. The van der Waals surface area contributed by atoms with Crippen LogP contribution in [0.15, 0.2) is 84.2 Å². The molecule has 0 radical (unpaired) electrons. The fourth-order valence-corrected chi connectivity index (χ4v) is 2.81. The minimum Gasteiger partial charge on any atom is -0.465 e. The van der Waals surface area contributed by atoms with Crippen LogP contribution < -0.4 is 9.64 Å². The van der Waals surface area contributed by atoms with E-state index in [4.69, 9.17) is 14.2 Å². The van der Waals surface area contributed by atoms with Crippen molar-refractivity contribution in [3.05, 3.63) is 94.3 Å². The van der Waals surface area contributed by atoms with E-state index in [0.717, 1.165) is 0 Å². The number of esters is 2. The lowest BCUT2D eigenvalue weighted by Crippen LogP contribution is -2.26. The molecule has 2 aromatic rings. The van der Waals surface area contributed by atoms with E-state index in [1.807, 2.05) is 0 Å². The first-order chi connectivity index (χ1) is 14.9. The molecule has 0 aromatic heterocycles. The van der Waals surface area contributed by atoms with Crippen LogP contribution in [0, 0.1) is 10.1 Å². The predicted octanol–water partition coefficient (Wildman–Crippen LogP) is 3.88. The highest BCUT2D eigenvalue weighted by atomic mass is 16.6. The lowest BCUT2D eigenvalue weighted by atomic mass is 10.1. The fraction of sp³-hybridized carbons (Fsp3) is 0.0909. The second kappa shape index (κ2) is 9.40. The van der Waals surface area contributed by atoms with Gasteiger partial charge in [-0.15, -0.1) is 0 Å². The van der Waals surface area contributed by atoms with Crippen LogP contribution in [-0.4, -0.2) is 31.1 Å². The Labute approximate surface area is 177 Å². The molecule has 0 aliphatic carbocycles. The van der Waals surface area contributed by atoms with Gasteiger partial charge < -0.3 is 19.1 Å². The molecule has 158 valence electrons. The summed E-state index contributed by atoms with van der Waals surface area (Å²) in [6.45, 7) is 0. The Bertz CT molecular complexity index is 1080. The smallest absolute Gasteiger partial charge is 0.355 e. The molecule has 0 spiro atoms. The molecule has 0 N–H and O–H groups in total. The maximum absolute atomic E-state index is 12.4. The normalized spacial score (nSPS) is 12.9. The van der Waals surface area contributed by atoms with Gasteiger partial charge in [0, 0.05) is 24.0 Å². The van der Waals surface area contributed by atoms with E-state index in [1.165, 1.54) is 49.5 Å². The molecule has 0 unspecified atom stereocenters. The number of hydrogen-bond donors (Lipinski definition) is 0. The first-order valence-electron chi connectivity index (χ1n) is 9.02. The first kappa shape index (κ1) is 21.3. The Hall–Kier alpha value is -4.40. The van der Waals surface area contributed by atoms with E-state index in [0.29, 0.717) is 17.2 Å². The van der Waals surface area contributed by atoms with Crippen LogP contribution >= 0.6 is 0 Å². The summed E-state index contributed by atoms with van der Waals surface area (Å²) in [5.74, 6) is -0.474. The second-order valence-electron chi connectivity index (χ2n) is 6.16. The molecule has 1 heterocycles. The van der Waals surface area contributed by atoms with Gasteiger partial charge in [0.25, 0.3) is 5.69 Å². The molecule has 0 bridgehead atoms. The summed E-state index contributed by atoms with van der Waals surface area (Å²) in [5.41, 5.74) is 0.583. The van der Waals surface area contributed by atoms with E-state index >= 15 is 0 Å². The zero-order valence-electron chi connectivity index (χ0n) is 16.7. The molecule has 1 aliphatic heterocycles. The Balaban J connectivity index is 1.89. The van der Waals surface area contributed by atoms with Crippen molar-refractivity contribution in [3.63, 3.8) is 0 Å². The maximum atomic E-state index is 12.4. The largest absolute Gasteiger partial charge is 0.465 e. The zero-order chi connectivity index (χ0) is 22.4. The van der Waals surface area contributed by atoms with E-state index < -0.39 is 16.9 Å². The van der Waals surface area contributed by atoms with Gasteiger partial charge in [0.05, 0.1) is 24.7 Å². The molecule has 9 nitrogen and oxygen atoms in total. The van der Waals surface area contributed by atoms with Gasteiger partial charge in [0.1, 0.15) is 17.2 Å². The summed E-state index contributed by atoms with van der Waals surface area (Å²) in [6, 6.07) is 12.4. The standard InChI is InChI=1S/C22H18N2O7/c1-29-21(25)19-5-3-4-14-23(20(19)22(26)30-2)15-6-10-17(11-7-15)31-18-12-8-16(9-13-18)24(27)28/h3-14H,1-2H3. The number of allylic oxidation sites excluding steroid dienone is 2. The number of benzene rings is 2. The average Bonchev–Trinajstić information content (AvgIpc) is 3.02. The number of carbonyl (C=O) groups is 2. The number of nitro benzene ring substituents is 1. The van der Waals surface area contributed by atoms with E-state index in [-0.39, 0.29) is 17.0 Å². The highest BCUT2D eigenvalue weighted by molar-refractivity contribution is 6.05. The summed E-state index contributed by atoms with van der Waals surface area (Å²) < 4.78 is 15.4. The number of anilines is 1. The van der Waals surface area contributed by atoms with Gasteiger partial charge in [-0.3, -0.25) is 10.1 Å². The van der Waals surface area contributed by atoms with Crippen LogP contribution in [-0.2, 0) is 19.1 Å². The van der Waals surface area contributed by atoms with E-state index in [2.05, 4.69) is 0 Å². The van der Waals surface area contributed by atoms with Crippen molar-refractivity contribution >= 4 is 23.3 Å². The van der Waals surface area contributed by atoms with E-state index in [1.54, 1.807) is 42.6 Å². The van der Waals surface area contributed by atoms with Crippen molar-refractivity contribution in [3.8, 4) is 11.5 Å². The van der Waals surface area contributed by atoms with Gasteiger partial charge in [0.2, 0.25) is 0 Å². The van der Waals surface area contributed by atoms with Crippen LogP contribution in [0.25, 0.3) is 0 Å². The topological polar surface area (TPSA) is 108 Å². The number of hydrogen-bond acceptors (Lipinski definition) is 8. The van der Waals surface area contributed by atoms with Crippen molar-refractivity contribution in [1.82, 2.24) is 0 Å². The predicted molar refractivity (Wildman–Crippen MR) is 111 cm³/mol. The molecule has 1 aliphatic rings. The first-order valence-corrected chi connectivity index (χ1v) is 9.02. The monoisotopic (exact) mass is 422 g/mol. The number of carbonyl (C=O) groups excluding carboxylic acids is 2. The lowest BCUT2D eigenvalue weighted by Gasteiger charge is -2.23. The van der Waals surface area contributed by atoms with Gasteiger partial charge in [-0.25, -0.2) is 9.59 Å². The number of non-ortho nitro benzene ring substituents is 1. The number of nitro groups is 1. The van der Waals surface area contributed by atoms with Crippen molar-refractivity contribution in [2.24, 2.45) is 0 Å². The van der Waals surface area contributed by atoms with Gasteiger partial charge in [0.15, 0.2) is 0 Å². The molecule has 0 amide bonds. The zero-order valence-corrected chi connectivity index (χ0v) is 16.7. The third kappa shape index (κ3) is 4.78. The fourth-order valence-electron chi connectivity index (χ4n) is 2.81. The summed E-state index contributed by atoms with van der Waals surface area (Å²) in [4.78, 5) is 36.4. The molecule has 9 heteroatoms. The maximum Gasteiger partial charge on any atom is 0.355 e. The molecule has 3 rings (SSSR count). The summed E-state index contributed by atoms with van der Waals surface area (Å²) in [7, 11) is 2.45. The van der Waals surface area contributed by atoms with E-state index in [9.17, 15) is 19.7 Å². The molecular weight excluding hydrogens is 404 g/mol. The van der Waals surface area contributed by atoms with Crippen molar-refractivity contribution in [1.29, 1.82) is 0 Å². The molecule has 0 fully saturated rings. The van der Waals surface area contributed by atoms with Gasteiger partial charge in [-0.05, 0) is 48.6 Å². The van der Waals surface area contributed by atoms with Gasteiger partial charge in [-0.2, -0.15) is 0 Å². The summed E-state index contributed by atoms with van der Waals surface area (Å²) >= 11 is 0. The van der Waals surface area contributed by atoms with Crippen LogP contribution in [0.5, 0.6) is 11.5 Å². The van der Waals surface area contributed by atoms with Crippen molar-refractivity contribution < 1.29 is 28.7 Å². The highest BCUT2D eigenvalue weighted by Gasteiger charge is 2.27. The van der Waals surface area contributed by atoms with Crippen LogP contribution in [0.3, 0.4) is 0 Å². The number of nitrogens with zero attached hydrogens (tertiary/aromatic N) is 2. The Kier molecular flexibility index (Phi) is 6.46. The minimum atomic E-state index is -0.706. The Morgan fingerprint density at radius 3 is 2.00 bits per heavy atom. The van der Waals surface area contributed by atoms with Crippen LogP contribution in [0.1, 0.15) is 0 Å². The quantitative estimate of drug-likeness (QED) is 0.392. The molecule has 31 heavy (non-hydrogen) atoms. The highest BCUT2D eigenvalue weighted by Crippen LogP contribution is 2.30. The molecule has 0 atom stereocenters. The number of rotatable bonds is 6. The Morgan fingerprint density at radius 1 is 0.871 bits per heavy atom. The van der Waals surface area contributed by atoms with Gasteiger partial charge >= 0.3 is 11.9 Å². The van der Waals surface area contributed by atoms with Gasteiger partial charge in [-0.1, -0.05) is 6.08 Å².